The molecule has 11 nitrogen and oxygen atoms in total. The molecule has 2 aliphatic heterocycles. The molecule has 0 aliphatic carbocycles. The number of fused-ring (bicyclic) bond motifs is 2. The molecule has 5 aromatic rings. The van der Waals surface area contributed by atoms with Gasteiger partial charge in [0, 0.05) is 54.3 Å². The third-order valence-corrected chi connectivity index (χ3v) is 11.2. The molecule has 3 aromatic heterocycles. The second-order valence-electron chi connectivity index (χ2n) is 12.6. The van der Waals surface area contributed by atoms with Gasteiger partial charge in [0.25, 0.3) is 0 Å². The molecule has 1 N–H and O–H groups in total. The number of esters is 1. The first-order valence-corrected chi connectivity index (χ1v) is 18.7. The van der Waals surface area contributed by atoms with Crippen LogP contribution in [0.3, 0.4) is 0 Å². The van der Waals surface area contributed by atoms with Crippen molar-refractivity contribution in [1.82, 2.24) is 30.0 Å². The summed E-state index contributed by atoms with van der Waals surface area (Å²) in [5.74, 6) is 6.86. The number of methoxy groups -OCH3 is 1. The zero-order valence-corrected chi connectivity index (χ0v) is 30.5. The SMILES string of the molecule is COC(=O)c1nc(N2CCCc3c2nnc(Nc2nc4ccccc4s2)c3C)sc1CCCOc1ccc(C#CCN2CCN(C)CC2)cc1F. The van der Waals surface area contributed by atoms with Gasteiger partial charge in [-0.2, -0.15) is 0 Å². The predicted octanol–water partition coefficient (Wildman–Crippen LogP) is 6.22. The van der Waals surface area contributed by atoms with Crippen molar-refractivity contribution in [2.75, 3.05) is 70.2 Å². The normalized spacial score (nSPS) is 14.9. The number of hydrogen-bond acceptors (Lipinski definition) is 13. The maximum Gasteiger partial charge on any atom is 0.357 e. The number of para-hydroxylation sites is 1. The molecule has 0 amide bonds. The molecule has 0 bridgehead atoms. The third kappa shape index (κ3) is 7.97. The molecule has 5 heterocycles. The van der Waals surface area contributed by atoms with Gasteiger partial charge in [-0.05, 0) is 70.0 Å². The Balaban J connectivity index is 0.994. The standard InChI is InChI=1S/C37H39FN8O3S2/c1-24-26-10-7-17-46(34(26)43-42-33(24)41-36-39-28-11-4-5-12-30(28)50-36)37-40-32(35(47)48-3)31(51-37)13-8-22-49-29-15-14-25(23-27(29)38)9-6-16-45-20-18-44(2)19-21-45/h4-5,11-12,14-15,23H,7-8,10,13,16-22H2,1-3H3,(H,39,41,42). The average Bonchev–Trinajstić information content (AvgIpc) is 3.76. The second kappa shape index (κ2) is 15.7. The fraction of sp³-hybridized carbons (Fsp3) is 0.378. The maximum atomic E-state index is 14.9. The van der Waals surface area contributed by atoms with E-state index in [1.807, 2.05) is 36.1 Å². The monoisotopic (exact) mass is 726 g/mol. The Bertz CT molecular complexity index is 2070. The van der Waals surface area contributed by atoms with Crippen molar-refractivity contribution in [1.29, 1.82) is 0 Å². The van der Waals surface area contributed by atoms with E-state index in [1.54, 1.807) is 23.5 Å². The molecular weight excluding hydrogens is 688 g/mol. The van der Waals surface area contributed by atoms with Crippen LogP contribution in [0.4, 0.5) is 26.3 Å². The van der Waals surface area contributed by atoms with Crippen LogP contribution >= 0.6 is 22.7 Å². The van der Waals surface area contributed by atoms with Crippen LogP contribution in [0.15, 0.2) is 42.5 Å². The Morgan fingerprint density at radius 2 is 1.90 bits per heavy atom. The van der Waals surface area contributed by atoms with Gasteiger partial charge in [0.2, 0.25) is 0 Å². The lowest BCUT2D eigenvalue weighted by atomic mass is 10.0. The van der Waals surface area contributed by atoms with Gasteiger partial charge in [-0.3, -0.25) is 4.90 Å². The highest BCUT2D eigenvalue weighted by Gasteiger charge is 2.29. The Morgan fingerprint density at radius 3 is 2.71 bits per heavy atom. The number of benzene rings is 2. The van der Waals surface area contributed by atoms with Crippen molar-refractivity contribution in [2.45, 2.75) is 32.6 Å². The lowest BCUT2D eigenvalue weighted by Crippen LogP contribution is -2.44. The first-order chi connectivity index (χ1) is 24.9. The van der Waals surface area contributed by atoms with Crippen molar-refractivity contribution >= 4 is 60.8 Å². The molecular formula is C37H39FN8O3S2. The Morgan fingerprint density at radius 1 is 1.06 bits per heavy atom. The molecule has 0 saturated carbocycles. The van der Waals surface area contributed by atoms with E-state index in [9.17, 15) is 9.18 Å². The fourth-order valence-corrected chi connectivity index (χ4v) is 8.14. The number of anilines is 4. The molecule has 0 atom stereocenters. The van der Waals surface area contributed by atoms with Crippen molar-refractivity contribution in [3.8, 4) is 17.6 Å². The highest BCUT2D eigenvalue weighted by molar-refractivity contribution is 7.22. The minimum atomic E-state index is -0.501. The molecule has 1 fully saturated rings. The summed E-state index contributed by atoms with van der Waals surface area (Å²) in [7, 11) is 3.47. The van der Waals surface area contributed by atoms with E-state index in [-0.39, 0.29) is 18.1 Å². The van der Waals surface area contributed by atoms with Gasteiger partial charge in [-0.25, -0.2) is 19.2 Å². The van der Waals surface area contributed by atoms with Crippen molar-refractivity contribution < 1.29 is 18.7 Å². The number of carbonyl (C=O) groups is 1. The highest BCUT2D eigenvalue weighted by atomic mass is 32.1. The van der Waals surface area contributed by atoms with Crippen LogP contribution in [0, 0.1) is 24.6 Å². The first kappa shape index (κ1) is 34.8. The number of nitrogens with one attached hydrogen (secondary N) is 1. The lowest BCUT2D eigenvalue weighted by molar-refractivity contribution is 0.0593. The van der Waals surface area contributed by atoms with E-state index in [1.165, 1.54) is 24.5 Å². The maximum absolute atomic E-state index is 14.9. The van der Waals surface area contributed by atoms with Gasteiger partial charge in [0.1, 0.15) is 0 Å². The van der Waals surface area contributed by atoms with E-state index in [4.69, 9.17) is 14.5 Å². The van der Waals surface area contributed by atoms with Crippen LogP contribution in [0.5, 0.6) is 5.75 Å². The molecule has 14 heteroatoms. The molecule has 264 valence electrons. The number of nitrogens with zero attached hydrogens (tertiary/aromatic N) is 7. The van der Waals surface area contributed by atoms with Crippen molar-refractivity contribution in [3.05, 3.63) is 75.5 Å². The minimum absolute atomic E-state index is 0.175. The molecule has 0 spiro atoms. The van der Waals surface area contributed by atoms with Crippen LogP contribution in [-0.4, -0.2) is 96.0 Å². The van der Waals surface area contributed by atoms with Crippen molar-refractivity contribution in [2.24, 2.45) is 0 Å². The topological polar surface area (TPSA) is 109 Å². The predicted molar refractivity (Wildman–Crippen MR) is 199 cm³/mol. The Labute approximate surface area is 304 Å². The zero-order valence-electron chi connectivity index (χ0n) is 28.9. The molecule has 0 unspecified atom stereocenters. The number of piperazine rings is 1. The summed E-state index contributed by atoms with van der Waals surface area (Å²) in [4.78, 5) is 29.6. The van der Waals surface area contributed by atoms with E-state index < -0.39 is 11.8 Å². The highest BCUT2D eigenvalue weighted by Crippen LogP contribution is 2.39. The van der Waals surface area contributed by atoms with Crippen LogP contribution in [0.1, 0.15) is 44.9 Å². The summed E-state index contributed by atoms with van der Waals surface area (Å²) in [6.45, 7) is 7.71. The van der Waals surface area contributed by atoms with E-state index in [0.717, 1.165) is 76.2 Å². The number of halogens is 1. The van der Waals surface area contributed by atoms with E-state index >= 15 is 0 Å². The van der Waals surface area contributed by atoms with Crippen LogP contribution in [0.2, 0.25) is 0 Å². The fourth-order valence-electron chi connectivity index (χ4n) is 6.16. The Hall–Kier alpha value is -4.68. The number of likely N-dealkylation sites (N-methyl/N-ethyl adjacent to an activating group) is 1. The number of rotatable bonds is 10. The molecule has 0 radical (unpaired) electrons. The molecule has 7 rings (SSSR count). The summed E-state index contributed by atoms with van der Waals surface area (Å²) in [5, 5.41) is 14.0. The molecule has 2 aromatic carbocycles. The Kier molecular flexibility index (Phi) is 10.7. The number of aromatic nitrogens is 4. The molecule has 51 heavy (non-hydrogen) atoms. The second-order valence-corrected chi connectivity index (χ2v) is 14.7. The van der Waals surface area contributed by atoms with Gasteiger partial charge >= 0.3 is 5.97 Å². The average molecular weight is 727 g/mol. The number of aryl methyl sites for hydroxylation is 1. The van der Waals surface area contributed by atoms with Gasteiger partial charge in [0.05, 0.1) is 30.5 Å². The summed E-state index contributed by atoms with van der Waals surface area (Å²) >= 11 is 3.00. The number of thiazole rings is 2. The van der Waals surface area contributed by atoms with Gasteiger partial charge in [-0.1, -0.05) is 35.3 Å². The number of hydrogen-bond donors (Lipinski definition) is 1. The van der Waals surface area contributed by atoms with E-state index in [2.05, 4.69) is 49.2 Å². The summed E-state index contributed by atoms with van der Waals surface area (Å²) in [6.07, 6.45) is 2.80. The smallest absolute Gasteiger partial charge is 0.357 e. The van der Waals surface area contributed by atoms with Crippen LogP contribution < -0.4 is 15.0 Å². The van der Waals surface area contributed by atoms with Crippen molar-refractivity contribution in [3.63, 3.8) is 0 Å². The summed E-state index contributed by atoms with van der Waals surface area (Å²) in [6, 6.07) is 12.8. The molecule has 1 saturated heterocycles. The number of carbonyl (C=O) groups excluding carboxylic acids is 1. The van der Waals surface area contributed by atoms with Gasteiger partial charge < -0.3 is 24.6 Å². The summed E-state index contributed by atoms with van der Waals surface area (Å²) in [5.41, 5.74) is 3.91. The zero-order chi connectivity index (χ0) is 35.3. The van der Waals surface area contributed by atoms with Gasteiger partial charge in [-0.15, -0.1) is 21.5 Å². The minimum Gasteiger partial charge on any atom is -0.491 e. The summed E-state index contributed by atoms with van der Waals surface area (Å²) < 4.78 is 26.9. The third-order valence-electron chi connectivity index (χ3n) is 9.07. The van der Waals surface area contributed by atoms with Crippen LogP contribution in [0.25, 0.3) is 10.2 Å². The number of ether oxygens (including phenoxy) is 2. The lowest BCUT2D eigenvalue weighted by Gasteiger charge is -2.30. The quantitative estimate of drug-likeness (QED) is 0.101. The van der Waals surface area contributed by atoms with Crippen LogP contribution in [-0.2, 0) is 17.6 Å². The van der Waals surface area contributed by atoms with E-state index in [0.29, 0.717) is 42.4 Å². The van der Waals surface area contributed by atoms with Gasteiger partial charge in [0.15, 0.2) is 39.2 Å². The molecule has 2 aliphatic rings. The first-order valence-electron chi connectivity index (χ1n) is 17.0. The largest absolute Gasteiger partial charge is 0.491 e.